The number of ether oxygens (including phenoxy) is 1. The molecular formula is C23H26N4O2. The van der Waals surface area contributed by atoms with E-state index < -0.39 is 0 Å². The van der Waals surface area contributed by atoms with E-state index in [1.807, 2.05) is 34.0 Å². The summed E-state index contributed by atoms with van der Waals surface area (Å²) < 4.78 is 7.03. The maximum Gasteiger partial charge on any atom is 0.224 e. The van der Waals surface area contributed by atoms with Crippen molar-refractivity contribution in [2.24, 2.45) is 0 Å². The predicted octanol–water partition coefficient (Wildman–Crippen LogP) is 2.81. The van der Waals surface area contributed by atoms with Gasteiger partial charge in [0.1, 0.15) is 5.75 Å². The SMILES string of the molecule is COc1ccc(CCN2CC(NCc3ccc(-n4cccn4)cc3)CC2=O)cc1. The van der Waals surface area contributed by atoms with Crippen molar-refractivity contribution in [3.05, 3.63) is 78.1 Å². The lowest BCUT2D eigenvalue weighted by Gasteiger charge is -2.17. The zero-order chi connectivity index (χ0) is 20.1. The zero-order valence-electron chi connectivity index (χ0n) is 16.6. The van der Waals surface area contributed by atoms with Crippen LogP contribution in [0.15, 0.2) is 67.0 Å². The molecule has 1 unspecified atom stereocenters. The molecule has 6 heteroatoms. The van der Waals surface area contributed by atoms with Gasteiger partial charge in [-0.25, -0.2) is 4.68 Å². The molecule has 6 nitrogen and oxygen atoms in total. The van der Waals surface area contributed by atoms with E-state index in [4.69, 9.17) is 4.74 Å². The number of nitrogens with one attached hydrogen (secondary N) is 1. The summed E-state index contributed by atoms with van der Waals surface area (Å²) >= 11 is 0. The fourth-order valence-corrected chi connectivity index (χ4v) is 3.63. The lowest BCUT2D eigenvalue weighted by Crippen LogP contribution is -2.33. The van der Waals surface area contributed by atoms with Crippen LogP contribution in [0.25, 0.3) is 5.69 Å². The normalized spacial score (nSPS) is 16.4. The lowest BCUT2D eigenvalue weighted by molar-refractivity contribution is -0.127. The third-order valence-corrected chi connectivity index (χ3v) is 5.34. The van der Waals surface area contributed by atoms with E-state index in [2.05, 4.69) is 46.8 Å². The molecule has 1 amide bonds. The molecule has 0 spiro atoms. The van der Waals surface area contributed by atoms with Crippen LogP contribution in [0.1, 0.15) is 17.5 Å². The average Bonchev–Trinajstić information content (AvgIpc) is 3.41. The van der Waals surface area contributed by atoms with Gasteiger partial charge in [-0.1, -0.05) is 24.3 Å². The quantitative estimate of drug-likeness (QED) is 0.643. The van der Waals surface area contributed by atoms with Crippen LogP contribution in [0.4, 0.5) is 0 Å². The molecule has 2 heterocycles. The van der Waals surface area contributed by atoms with Crippen molar-refractivity contribution in [2.75, 3.05) is 20.2 Å². The van der Waals surface area contributed by atoms with Crippen molar-refractivity contribution in [1.82, 2.24) is 20.0 Å². The van der Waals surface area contributed by atoms with Gasteiger partial charge in [0, 0.05) is 44.5 Å². The number of hydrogen-bond donors (Lipinski definition) is 1. The van der Waals surface area contributed by atoms with Crippen LogP contribution in [0, 0.1) is 0 Å². The van der Waals surface area contributed by atoms with Gasteiger partial charge >= 0.3 is 0 Å². The Balaban J connectivity index is 1.24. The van der Waals surface area contributed by atoms with Crippen LogP contribution in [0.5, 0.6) is 5.75 Å². The van der Waals surface area contributed by atoms with Crippen LogP contribution in [0.3, 0.4) is 0 Å². The van der Waals surface area contributed by atoms with E-state index >= 15 is 0 Å². The number of methoxy groups -OCH3 is 1. The molecular weight excluding hydrogens is 364 g/mol. The van der Waals surface area contributed by atoms with Gasteiger partial charge in [-0.3, -0.25) is 4.79 Å². The molecule has 1 aliphatic heterocycles. The van der Waals surface area contributed by atoms with E-state index in [1.54, 1.807) is 13.3 Å². The first-order valence-electron chi connectivity index (χ1n) is 9.94. The third kappa shape index (κ3) is 4.84. The maximum atomic E-state index is 12.3. The van der Waals surface area contributed by atoms with Crippen LogP contribution in [-0.4, -0.2) is 46.8 Å². The van der Waals surface area contributed by atoms with E-state index in [0.29, 0.717) is 6.42 Å². The fourth-order valence-electron chi connectivity index (χ4n) is 3.63. The summed E-state index contributed by atoms with van der Waals surface area (Å²) in [5, 5.41) is 7.77. The van der Waals surface area contributed by atoms with Gasteiger partial charge in [0.25, 0.3) is 0 Å². The highest BCUT2D eigenvalue weighted by atomic mass is 16.5. The highest BCUT2D eigenvalue weighted by Gasteiger charge is 2.28. The minimum atomic E-state index is 0.198. The van der Waals surface area contributed by atoms with Gasteiger partial charge in [0.05, 0.1) is 12.8 Å². The highest BCUT2D eigenvalue weighted by molar-refractivity contribution is 5.79. The number of carbonyl (C=O) groups excluding carboxylic acids is 1. The van der Waals surface area contributed by atoms with Crippen LogP contribution >= 0.6 is 0 Å². The molecule has 1 fully saturated rings. The van der Waals surface area contributed by atoms with Gasteiger partial charge in [-0.2, -0.15) is 5.10 Å². The second-order valence-corrected chi connectivity index (χ2v) is 7.34. The van der Waals surface area contributed by atoms with Gasteiger partial charge in [-0.05, 0) is 47.9 Å². The molecule has 3 aromatic rings. The zero-order valence-corrected chi connectivity index (χ0v) is 16.6. The molecule has 0 radical (unpaired) electrons. The molecule has 0 saturated carbocycles. The Hall–Kier alpha value is -3.12. The summed E-state index contributed by atoms with van der Waals surface area (Å²) in [6.07, 6.45) is 5.12. The molecule has 0 bridgehead atoms. The number of nitrogens with zero attached hydrogens (tertiary/aromatic N) is 3. The number of benzene rings is 2. The van der Waals surface area contributed by atoms with Gasteiger partial charge in [0.2, 0.25) is 5.91 Å². The standard InChI is InChI=1S/C23H26N4O2/c1-29-22-9-5-18(6-10-22)11-14-26-17-20(15-23(26)28)24-16-19-3-7-21(8-4-19)27-13-2-12-25-27/h2-10,12-13,20,24H,11,14-17H2,1H3. The Bertz CT molecular complexity index is 921. The van der Waals surface area contributed by atoms with Gasteiger partial charge < -0.3 is 15.0 Å². The minimum Gasteiger partial charge on any atom is -0.497 e. The summed E-state index contributed by atoms with van der Waals surface area (Å²) in [6, 6.07) is 18.5. The molecule has 1 atom stereocenters. The van der Waals surface area contributed by atoms with E-state index in [9.17, 15) is 4.79 Å². The molecule has 29 heavy (non-hydrogen) atoms. The largest absolute Gasteiger partial charge is 0.497 e. The maximum absolute atomic E-state index is 12.3. The first-order chi connectivity index (χ1) is 14.2. The van der Waals surface area contributed by atoms with Crippen molar-refractivity contribution in [3.8, 4) is 11.4 Å². The monoisotopic (exact) mass is 390 g/mol. The van der Waals surface area contributed by atoms with Crippen molar-refractivity contribution < 1.29 is 9.53 Å². The molecule has 0 aliphatic carbocycles. The fraction of sp³-hybridized carbons (Fsp3) is 0.304. The number of carbonyl (C=O) groups is 1. The minimum absolute atomic E-state index is 0.198. The molecule has 1 saturated heterocycles. The summed E-state index contributed by atoms with van der Waals surface area (Å²) in [4.78, 5) is 14.3. The summed E-state index contributed by atoms with van der Waals surface area (Å²) in [6.45, 7) is 2.27. The van der Waals surface area contributed by atoms with E-state index in [0.717, 1.165) is 37.5 Å². The number of aromatic nitrogens is 2. The molecule has 4 rings (SSSR count). The summed E-state index contributed by atoms with van der Waals surface area (Å²) in [5.41, 5.74) is 3.46. The lowest BCUT2D eigenvalue weighted by atomic mass is 10.1. The summed E-state index contributed by atoms with van der Waals surface area (Å²) in [7, 11) is 1.67. The van der Waals surface area contributed by atoms with Crippen LogP contribution < -0.4 is 10.1 Å². The highest BCUT2D eigenvalue weighted by Crippen LogP contribution is 2.16. The first-order valence-corrected chi connectivity index (χ1v) is 9.94. The second-order valence-electron chi connectivity index (χ2n) is 7.34. The van der Waals surface area contributed by atoms with E-state index in [-0.39, 0.29) is 11.9 Å². The topological polar surface area (TPSA) is 59.4 Å². The van der Waals surface area contributed by atoms with Gasteiger partial charge in [-0.15, -0.1) is 0 Å². The average molecular weight is 390 g/mol. The smallest absolute Gasteiger partial charge is 0.224 e. The Kier molecular flexibility index (Phi) is 5.91. The summed E-state index contributed by atoms with van der Waals surface area (Å²) in [5.74, 6) is 1.08. The van der Waals surface area contributed by atoms with Crippen molar-refractivity contribution in [3.63, 3.8) is 0 Å². The predicted molar refractivity (Wildman–Crippen MR) is 112 cm³/mol. The Morgan fingerprint density at radius 1 is 1.10 bits per heavy atom. The number of likely N-dealkylation sites (tertiary alicyclic amines) is 1. The molecule has 150 valence electrons. The molecule has 1 aromatic heterocycles. The van der Waals surface area contributed by atoms with Crippen LogP contribution in [-0.2, 0) is 17.8 Å². The Morgan fingerprint density at radius 2 is 1.86 bits per heavy atom. The molecule has 1 N–H and O–H groups in total. The third-order valence-electron chi connectivity index (χ3n) is 5.34. The molecule has 1 aliphatic rings. The van der Waals surface area contributed by atoms with E-state index in [1.165, 1.54) is 11.1 Å². The number of hydrogen-bond acceptors (Lipinski definition) is 4. The second kappa shape index (κ2) is 8.92. The van der Waals surface area contributed by atoms with Gasteiger partial charge in [0.15, 0.2) is 0 Å². The Morgan fingerprint density at radius 3 is 2.55 bits per heavy atom. The van der Waals surface area contributed by atoms with Crippen molar-refractivity contribution >= 4 is 5.91 Å². The first kappa shape index (κ1) is 19.2. The van der Waals surface area contributed by atoms with Crippen molar-refractivity contribution in [1.29, 1.82) is 0 Å². The Labute approximate surface area is 171 Å². The molecule has 2 aromatic carbocycles. The van der Waals surface area contributed by atoms with Crippen molar-refractivity contribution in [2.45, 2.75) is 25.4 Å². The number of amides is 1. The number of rotatable bonds is 8. The van der Waals surface area contributed by atoms with Crippen LogP contribution in [0.2, 0.25) is 0 Å².